The first kappa shape index (κ1) is 16.1. The van der Waals surface area contributed by atoms with Crippen LogP contribution in [0.2, 0.25) is 0 Å². The fourth-order valence-electron chi connectivity index (χ4n) is 2.09. The Morgan fingerprint density at radius 3 is 2.65 bits per heavy atom. The van der Waals surface area contributed by atoms with Crippen molar-refractivity contribution in [2.24, 2.45) is 0 Å². The van der Waals surface area contributed by atoms with Crippen molar-refractivity contribution in [1.82, 2.24) is 4.90 Å². The lowest BCUT2D eigenvalue weighted by molar-refractivity contribution is 0.124. The molecule has 1 aliphatic heterocycles. The number of hydrogen-bond donors (Lipinski definition) is 1. The zero-order valence-corrected chi connectivity index (χ0v) is 12.7. The van der Waals surface area contributed by atoms with E-state index in [2.05, 4.69) is 15.7 Å². The molecule has 1 aromatic carbocycles. The highest BCUT2D eigenvalue weighted by Gasteiger charge is 2.16. The minimum atomic E-state index is -0.285. The van der Waals surface area contributed by atoms with Gasteiger partial charge in [0, 0.05) is 27.7 Å². The monoisotopic (exact) mass is 280 g/mol. The number of benzene rings is 1. The first-order valence-electron chi connectivity index (χ1n) is 6.83. The second-order valence-corrected chi connectivity index (χ2v) is 4.90. The Morgan fingerprint density at radius 2 is 2.15 bits per heavy atom. The number of ether oxygens (including phenoxy) is 1. The molecular weight excluding hydrogens is 256 g/mol. The molecule has 1 amide bonds. The summed E-state index contributed by atoms with van der Waals surface area (Å²) >= 11 is 0. The number of para-hydroxylation sites is 1. The largest absolute Gasteiger partial charge is 0.506 e. The Bertz CT molecular complexity index is 447. The quantitative estimate of drug-likeness (QED) is 0.858. The molecule has 0 bridgehead atoms. The van der Waals surface area contributed by atoms with Crippen LogP contribution >= 0.6 is 0 Å². The molecule has 0 saturated carbocycles. The summed E-state index contributed by atoms with van der Waals surface area (Å²) in [6.07, 6.45) is 1.99. The van der Waals surface area contributed by atoms with Crippen LogP contribution in [0.4, 0.5) is 10.5 Å². The van der Waals surface area contributed by atoms with Crippen LogP contribution in [-0.4, -0.2) is 50.4 Å². The summed E-state index contributed by atoms with van der Waals surface area (Å²) in [5.74, 6) is 0.412. The Morgan fingerprint density at radius 1 is 1.45 bits per heavy atom. The molecule has 0 fully saturated rings. The fraction of sp³-hybridized carbons (Fsp3) is 0.533. The molecule has 0 aromatic heterocycles. The van der Waals surface area contributed by atoms with Crippen molar-refractivity contribution in [3.05, 3.63) is 23.8 Å². The fourth-order valence-corrected chi connectivity index (χ4v) is 2.09. The van der Waals surface area contributed by atoms with Crippen LogP contribution < -0.4 is 4.90 Å². The van der Waals surface area contributed by atoms with Gasteiger partial charge < -0.3 is 19.6 Å². The van der Waals surface area contributed by atoms with Crippen molar-refractivity contribution in [3.63, 3.8) is 0 Å². The summed E-state index contributed by atoms with van der Waals surface area (Å²) < 4.78 is 4.59. The highest BCUT2D eigenvalue weighted by molar-refractivity contribution is 5.66. The average Bonchev–Trinajstić information content (AvgIpc) is 2.40. The van der Waals surface area contributed by atoms with E-state index >= 15 is 0 Å². The van der Waals surface area contributed by atoms with Gasteiger partial charge in [0.15, 0.2) is 0 Å². The van der Waals surface area contributed by atoms with Gasteiger partial charge >= 0.3 is 6.09 Å². The van der Waals surface area contributed by atoms with Gasteiger partial charge in [0.2, 0.25) is 0 Å². The molecule has 0 atom stereocenters. The number of aromatic hydroxyl groups is 1. The lowest BCUT2D eigenvalue weighted by atomic mass is 10.0. The number of hydrogen-bond acceptors (Lipinski definition) is 4. The van der Waals surface area contributed by atoms with E-state index in [1.54, 1.807) is 27.1 Å². The molecule has 1 N–H and O–H groups in total. The van der Waals surface area contributed by atoms with Gasteiger partial charge in [-0.1, -0.05) is 12.1 Å². The van der Waals surface area contributed by atoms with Crippen LogP contribution in [0.15, 0.2) is 18.2 Å². The zero-order valence-electron chi connectivity index (χ0n) is 12.7. The maximum atomic E-state index is 10.4. The number of aryl methyl sites for hydroxylation is 1. The molecule has 20 heavy (non-hydrogen) atoms. The number of nitrogens with zero attached hydrogens (tertiary/aromatic N) is 2. The van der Waals surface area contributed by atoms with Crippen molar-refractivity contribution in [2.45, 2.75) is 19.8 Å². The van der Waals surface area contributed by atoms with Crippen LogP contribution in [0, 0.1) is 0 Å². The molecule has 0 saturated heterocycles. The average molecular weight is 280 g/mol. The van der Waals surface area contributed by atoms with Gasteiger partial charge in [-0.05, 0) is 31.4 Å². The maximum Gasteiger partial charge on any atom is 0.409 e. The first-order chi connectivity index (χ1) is 9.47. The molecule has 0 radical (unpaired) electrons. The molecule has 0 spiro atoms. The van der Waals surface area contributed by atoms with Crippen molar-refractivity contribution in [3.8, 4) is 5.75 Å². The minimum absolute atomic E-state index is 0.285. The van der Waals surface area contributed by atoms with E-state index in [0.717, 1.165) is 18.7 Å². The third-order valence-corrected chi connectivity index (χ3v) is 3.05. The minimum Gasteiger partial charge on any atom is -0.506 e. The van der Waals surface area contributed by atoms with E-state index in [9.17, 15) is 9.90 Å². The normalized spacial score (nSPS) is 12.9. The van der Waals surface area contributed by atoms with Crippen LogP contribution in [0.3, 0.4) is 0 Å². The zero-order chi connectivity index (χ0) is 15.1. The van der Waals surface area contributed by atoms with Gasteiger partial charge in [0.05, 0.1) is 12.3 Å². The van der Waals surface area contributed by atoms with Crippen LogP contribution in [0.1, 0.15) is 18.9 Å². The van der Waals surface area contributed by atoms with Crippen LogP contribution in [0.25, 0.3) is 0 Å². The number of rotatable bonds is 1. The summed E-state index contributed by atoms with van der Waals surface area (Å²) in [6.45, 7) is 3.27. The van der Waals surface area contributed by atoms with E-state index in [-0.39, 0.29) is 6.09 Å². The van der Waals surface area contributed by atoms with Gasteiger partial charge in [-0.2, -0.15) is 0 Å². The van der Waals surface area contributed by atoms with E-state index in [4.69, 9.17) is 0 Å². The number of fused-ring (bicyclic) bond motifs is 1. The third-order valence-electron chi connectivity index (χ3n) is 3.05. The summed E-state index contributed by atoms with van der Waals surface area (Å²) in [5.41, 5.74) is 2.28. The second-order valence-electron chi connectivity index (χ2n) is 4.90. The van der Waals surface area contributed by atoms with E-state index in [1.165, 1.54) is 16.9 Å². The summed E-state index contributed by atoms with van der Waals surface area (Å²) in [5, 5.41) is 9.59. The molecule has 1 aromatic rings. The number of anilines is 1. The van der Waals surface area contributed by atoms with Gasteiger partial charge in [-0.15, -0.1) is 0 Å². The second kappa shape index (κ2) is 7.62. The summed E-state index contributed by atoms with van der Waals surface area (Å²) in [7, 11) is 5.33. The van der Waals surface area contributed by atoms with Crippen LogP contribution in [-0.2, 0) is 11.2 Å². The molecule has 1 aliphatic rings. The standard InChI is InChI=1S/C10H13NO.C5H11NO2/c1-11-7-3-5-8-4-2-6-9(12)10(8)11;1-4-8-5(7)6(2)3/h2,4,6,12H,3,5,7H2,1H3;4H2,1-3H3. The molecular formula is C15H24N2O3. The van der Waals surface area contributed by atoms with Gasteiger partial charge in [-0.3, -0.25) is 0 Å². The predicted molar refractivity (Wildman–Crippen MR) is 80.4 cm³/mol. The van der Waals surface area contributed by atoms with E-state index in [0.29, 0.717) is 12.4 Å². The number of carbonyl (C=O) groups is 1. The summed E-state index contributed by atoms with van der Waals surface area (Å²) in [4.78, 5) is 14.0. The molecule has 2 rings (SSSR count). The van der Waals surface area contributed by atoms with E-state index < -0.39 is 0 Å². The Labute approximate surface area is 120 Å². The van der Waals surface area contributed by atoms with E-state index in [1.807, 2.05) is 13.1 Å². The Balaban J connectivity index is 0.000000221. The smallest absolute Gasteiger partial charge is 0.409 e. The van der Waals surface area contributed by atoms with Crippen molar-refractivity contribution in [1.29, 1.82) is 0 Å². The summed E-state index contributed by atoms with van der Waals surface area (Å²) in [6, 6.07) is 5.75. The Kier molecular flexibility index (Phi) is 6.15. The molecule has 0 aliphatic carbocycles. The van der Waals surface area contributed by atoms with Crippen molar-refractivity contribution >= 4 is 11.8 Å². The van der Waals surface area contributed by atoms with Crippen molar-refractivity contribution < 1.29 is 14.6 Å². The predicted octanol–water partition coefficient (Wildman–Crippen LogP) is 2.48. The third kappa shape index (κ3) is 4.33. The maximum absolute atomic E-state index is 10.4. The van der Waals surface area contributed by atoms with Gasteiger partial charge in [0.25, 0.3) is 0 Å². The number of amides is 1. The molecule has 5 nitrogen and oxygen atoms in total. The van der Waals surface area contributed by atoms with Crippen molar-refractivity contribution in [2.75, 3.05) is 39.2 Å². The molecule has 0 unspecified atom stereocenters. The topological polar surface area (TPSA) is 53.0 Å². The lowest BCUT2D eigenvalue weighted by Crippen LogP contribution is -2.24. The number of carbonyl (C=O) groups excluding carboxylic acids is 1. The Hall–Kier alpha value is -1.91. The molecule has 1 heterocycles. The first-order valence-corrected chi connectivity index (χ1v) is 6.83. The highest BCUT2D eigenvalue weighted by Crippen LogP contribution is 2.33. The van der Waals surface area contributed by atoms with Gasteiger partial charge in [-0.25, -0.2) is 4.79 Å². The lowest BCUT2D eigenvalue weighted by Gasteiger charge is -2.27. The number of phenolic OH excluding ortho intramolecular Hbond substituents is 1. The highest BCUT2D eigenvalue weighted by atomic mass is 16.5. The van der Waals surface area contributed by atoms with Gasteiger partial charge in [0.1, 0.15) is 5.75 Å². The molecule has 112 valence electrons. The SMILES string of the molecule is CCOC(=O)N(C)C.CN1CCCc2cccc(O)c21. The molecule has 5 heteroatoms. The number of phenols is 1. The van der Waals surface area contributed by atoms with Crippen LogP contribution in [0.5, 0.6) is 5.75 Å².